The molecule has 1 aromatic heterocycles. The lowest BCUT2D eigenvalue weighted by Gasteiger charge is -2.09. The molecular weight excluding hydrogens is 215 g/mol. The van der Waals surface area contributed by atoms with Crippen LogP contribution in [0.3, 0.4) is 0 Å². The fourth-order valence-electron chi connectivity index (χ4n) is 1.01. The number of methoxy groups -OCH3 is 1. The second kappa shape index (κ2) is 3.79. The maximum atomic E-state index is 12.0. The maximum absolute atomic E-state index is 12.0. The first-order chi connectivity index (χ1) is 6.85. The van der Waals surface area contributed by atoms with E-state index >= 15 is 0 Å². The lowest BCUT2D eigenvalue weighted by molar-refractivity contribution is -0.142. The summed E-state index contributed by atoms with van der Waals surface area (Å²) < 4.78 is 40.9. The summed E-state index contributed by atoms with van der Waals surface area (Å²) in [6.07, 6.45) is -3.50. The predicted molar refractivity (Wildman–Crippen MR) is 44.0 cm³/mol. The Balaban J connectivity index is 3.04. The number of esters is 1. The van der Waals surface area contributed by atoms with Crippen LogP contribution in [0, 0.1) is 0 Å². The molecule has 1 rings (SSSR count). The van der Waals surface area contributed by atoms with Crippen LogP contribution in [0.5, 0.6) is 0 Å². The van der Waals surface area contributed by atoms with Crippen molar-refractivity contribution in [3.8, 4) is 0 Å². The smallest absolute Gasteiger partial charge is 0.408 e. The summed E-state index contributed by atoms with van der Waals surface area (Å²) in [5, 5.41) is 3.34. The molecule has 0 saturated carbocycles. The zero-order valence-corrected chi connectivity index (χ0v) is 7.71. The molecule has 0 aromatic carbocycles. The van der Waals surface area contributed by atoms with Gasteiger partial charge >= 0.3 is 12.1 Å². The van der Waals surface area contributed by atoms with Gasteiger partial charge < -0.3 is 10.5 Å². The van der Waals surface area contributed by atoms with Crippen molar-refractivity contribution < 1.29 is 22.7 Å². The van der Waals surface area contributed by atoms with Gasteiger partial charge in [-0.2, -0.15) is 18.3 Å². The number of halogens is 3. The van der Waals surface area contributed by atoms with Crippen LogP contribution in [0.25, 0.3) is 0 Å². The molecule has 0 amide bonds. The molecule has 0 spiro atoms. The second-order valence-corrected chi connectivity index (χ2v) is 2.71. The number of hydrogen-bond acceptors (Lipinski definition) is 4. The number of nitrogens with two attached hydrogens (primary N) is 1. The van der Waals surface area contributed by atoms with Crippen LogP contribution in [0.2, 0.25) is 0 Å². The largest absolute Gasteiger partial charge is 0.464 e. The first kappa shape index (κ1) is 11.3. The third-order valence-electron chi connectivity index (χ3n) is 1.58. The van der Waals surface area contributed by atoms with E-state index in [0.717, 1.165) is 13.3 Å². The van der Waals surface area contributed by atoms with E-state index < -0.39 is 24.4 Å². The molecule has 2 N–H and O–H groups in total. The molecule has 0 fully saturated rings. The molecule has 0 aliphatic carbocycles. The number of ether oxygens (including phenoxy) is 1. The molecule has 0 unspecified atom stereocenters. The van der Waals surface area contributed by atoms with E-state index in [9.17, 15) is 18.0 Å². The summed E-state index contributed by atoms with van der Waals surface area (Å²) in [5.74, 6) is -0.950. The fraction of sp³-hybridized carbons (Fsp3) is 0.429. The summed E-state index contributed by atoms with van der Waals surface area (Å²) >= 11 is 0. The van der Waals surface area contributed by atoms with Gasteiger partial charge in [0.05, 0.1) is 19.0 Å². The lowest BCUT2D eigenvalue weighted by Crippen LogP contribution is -2.23. The van der Waals surface area contributed by atoms with Gasteiger partial charge in [0.1, 0.15) is 6.54 Å². The van der Waals surface area contributed by atoms with Gasteiger partial charge in [-0.25, -0.2) is 9.48 Å². The SMILES string of the molecule is COC(=O)c1c(N)cnn1CC(F)(F)F. The molecule has 15 heavy (non-hydrogen) atoms. The van der Waals surface area contributed by atoms with Crippen LogP contribution in [0.4, 0.5) is 18.9 Å². The minimum absolute atomic E-state index is 0.147. The summed E-state index contributed by atoms with van der Waals surface area (Å²) in [7, 11) is 1.05. The van der Waals surface area contributed by atoms with Crippen LogP contribution >= 0.6 is 0 Å². The van der Waals surface area contributed by atoms with Crippen LogP contribution in [-0.2, 0) is 11.3 Å². The van der Waals surface area contributed by atoms with E-state index in [0.29, 0.717) is 4.68 Å². The highest BCUT2D eigenvalue weighted by Gasteiger charge is 2.31. The molecule has 0 bridgehead atoms. The molecule has 84 valence electrons. The average molecular weight is 223 g/mol. The van der Waals surface area contributed by atoms with Crippen LogP contribution in [0.1, 0.15) is 10.5 Å². The van der Waals surface area contributed by atoms with E-state index in [1.54, 1.807) is 0 Å². The highest BCUT2D eigenvalue weighted by molar-refractivity contribution is 5.92. The van der Waals surface area contributed by atoms with Crippen LogP contribution < -0.4 is 5.73 Å². The van der Waals surface area contributed by atoms with Crippen molar-refractivity contribution in [2.75, 3.05) is 12.8 Å². The highest BCUT2D eigenvalue weighted by atomic mass is 19.4. The Morgan fingerprint density at radius 2 is 2.27 bits per heavy atom. The van der Waals surface area contributed by atoms with Crippen LogP contribution in [0.15, 0.2) is 6.20 Å². The third kappa shape index (κ3) is 2.61. The van der Waals surface area contributed by atoms with Gasteiger partial charge in [0.25, 0.3) is 0 Å². The second-order valence-electron chi connectivity index (χ2n) is 2.71. The number of rotatable bonds is 2. The highest BCUT2D eigenvalue weighted by Crippen LogP contribution is 2.20. The maximum Gasteiger partial charge on any atom is 0.408 e. The quantitative estimate of drug-likeness (QED) is 0.753. The molecule has 0 aliphatic rings. The zero-order valence-electron chi connectivity index (χ0n) is 7.71. The van der Waals surface area contributed by atoms with Gasteiger partial charge in [0.15, 0.2) is 5.69 Å². The van der Waals surface area contributed by atoms with Crippen molar-refractivity contribution in [2.24, 2.45) is 0 Å². The van der Waals surface area contributed by atoms with Gasteiger partial charge in [0, 0.05) is 0 Å². The number of nitrogens with zero attached hydrogens (tertiary/aromatic N) is 2. The Bertz CT molecular complexity index is 372. The average Bonchev–Trinajstić information content (AvgIpc) is 2.43. The summed E-state index contributed by atoms with van der Waals surface area (Å²) in [4.78, 5) is 11.1. The molecule has 1 aromatic rings. The standard InChI is InChI=1S/C7H8F3N3O2/c1-15-6(14)5-4(11)2-12-13(5)3-7(8,9)10/h2H,3,11H2,1H3. The lowest BCUT2D eigenvalue weighted by atomic mass is 10.3. The van der Waals surface area contributed by atoms with Crippen molar-refractivity contribution in [3.05, 3.63) is 11.9 Å². The molecule has 1 heterocycles. The topological polar surface area (TPSA) is 70.1 Å². The summed E-state index contributed by atoms with van der Waals surface area (Å²) in [6, 6.07) is 0. The van der Waals surface area contributed by atoms with Crippen LogP contribution in [-0.4, -0.2) is 29.0 Å². The number of carbonyl (C=O) groups excluding carboxylic acids is 1. The van der Waals surface area contributed by atoms with E-state index in [1.807, 2.05) is 0 Å². The first-order valence-electron chi connectivity index (χ1n) is 3.81. The van der Waals surface area contributed by atoms with Gasteiger partial charge in [-0.15, -0.1) is 0 Å². The molecule has 0 atom stereocenters. The minimum atomic E-state index is -4.47. The molecule has 5 nitrogen and oxygen atoms in total. The Morgan fingerprint density at radius 1 is 1.67 bits per heavy atom. The van der Waals surface area contributed by atoms with Crippen molar-refractivity contribution in [1.29, 1.82) is 0 Å². The third-order valence-corrected chi connectivity index (χ3v) is 1.58. The first-order valence-corrected chi connectivity index (χ1v) is 3.81. The van der Waals surface area contributed by atoms with Crippen molar-refractivity contribution in [3.63, 3.8) is 0 Å². The predicted octanol–water partition coefficient (Wildman–Crippen LogP) is 0.814. The molecular formula is C7H8F3N3O2. The van der Waals surface area contributed by atoms with E-state index in [1.165, 1.54) is 0 Å². The summed E-state index contributed by atoms with van der Waals surface area (Å²) in [6.45, 7) is -1.38. The molecule has 0 saturated heterocycles. The molecule has 0 radical (unpaired) electrons. The summed E-state index contributed by atoms with van der Waals surface area (Å²) in [5.41, 5.74) is 4.74. The number of anilines is 1. The Kier molecular flexibility index (Phi) is 2.87. The van der Waals surface area contributed by atoms with Gasteiger partial charge in [0.2, 0.25) is 0 Å². The van der Waals surface area contributed by atoms with Crippen molar-refractivity contribution in [1.82, 2.24) is 9.78 Å². The van der Waals surface area contributed by atoms with Gasteiger partial charge in [-0.1, -0.05) is 0 Å². The molecule has 0 aliphatic heterocycles. The Labute approximate surface area is 82.6 Å². The Hall–Kier alpha value is -1.73. The monoisotopic (exact) mass is 223 g/mol. The number of carbonyl (C=O) groups is 1. The van der Waals surface area contributed by atoms with Crippen molar-refractivity contribution >= 4 is 11.7 Å². The Morgan fingerprint density at radius 3 is 2.73 bits per heavy atom. The van der Waals surface area contributed by atoms with Gasteiger partial charge in [-0.3, -0.25) is 0 Å². The number of aromatic nitrogens is 2. The van der Waals surface area contributed by atoms with E-state index in [2.05, 4.69) is 9.84 Å². The number of nitrogen functional groups attached to an aromatic ring is 1. The van der Waals surface area contributed by atoms with Gasteiger partial charge in [-0.05, 0) is 0 Å². The number of alkyl halides is 3. The van der Waals surface area contributed by atoms with E-state index in [-0.39, 0.29) is 5.69 Å². The molecule has 8 heteroatoms. The van der Waals surface area contributed by atoms with Crippen molar-refractivity contribution in [2.45, 2.75) is 12.7 Å². The normalized spacial score (nSPS) is 11.5. The van der Waals surface area contributed by atoms with E-state index in [4.69, 9.17) is 5.73 Å². The minimum Gasteiger partial charge on any atom is -0.464 e. The fourth-order valence-corrected chi connectivity index (χ4v) is 1.01. The number of hydrogen-bond donors (Lipinski definition) is 1. The zero-order chi connectivity index (χ0) is 11.6.